The molecule has 1 amide bonds. The van der Waals surface area contributed by atoms with E-state index in [0.717, 1.165) is 17.2 Å². The number of nitrogens with one attached hydrogen (secondary N) is 1. The largest absolute Gasteiger partial charge is 0.436 e. The number of anilines is 2. The van der Waals surface area contributed by atoms with Crippen molar-refractivity contribution in [2.45, 2.75) is 13.1 Å². The first-order valence-corrected chi connectivity index (χ1v) is 12.1. The van der Waals surface area contributed by atoms with E-state index < -0.39 is 11.7 Å². The highest BCUT2D eigenvalue weighted by Crippen LogP contribution is 2.36. The van der Waals surface area contributed by atoms with Crippen molar-refractivity contribution in [2.24, 2.45) is 0 Å². The van der Waals surface area contributed by atoms with Crippen molar-refractivity contribution >= 4 is 28.4 Å². The maximum atomic E-state index is 13.4. The molecule has 1 aliphatic rings. The van der Waals surface area contributed by atoms with Crippen LogP contribution in [0.5, 0.6) is 0 Å². The van der Waals surface area contributed by atoms with Crippen LogP contribution in [0.1, 0.15) is 16.7 Å². The molecule has 0 aliphatic carbocycles. The Hall–Kier alpha value is -4.36. The summed E-state index contributed by atoms with van der Waals surface area (Å²) in [6.07, 6.45) is -4.41. The van der Waals surface area contributed by atoms with Crippen molar-refractivity contribution in [2.75, 3.05) is 42.9 Å². The highest BCUT2D eigenvalue weighted by atomic mass is 19.4. The number of nitrogens with zero attached hydrogens (tertiary/aromatic N) is 4. The standard InChI is InChI=1S/C28H24F3N5O2/c1-18-14-19(16-32)15-23-26(18)38-27(34-23)20-6-8-21(9-7-20)33-25(37)17-35-10-12-36(13-11-35)24-5-3-2-4-22(24)28(29,30)31/h2-9,14-15H,10-13,17H2,1H3,(H,33,37). The predicted octanol–water partition coefficient (Wildman–Crippen LogP) is 5.45. The first kappa shape index (κ1) is 25.3. The van der Waals surface area contributed by atoms with E-state index in [1.807, 2.05) is 11.8 Å². The lowest BCUT2D eigenvalue weighted by Crippen LogP contribution is -2.49. The van der Waals surface area contributed by atoms with Crippen molar-refractivity contribution in [3.63, 3.8) is 0 Å². The van der Waals surface area contributed by atoms with Crippen molar-refractivity contribution in [1.29, 1.82) is 5.26 Å². The molecule has 1 N–H and O–H groups in total. The molecule has 0 bridgehead atoms. The van der Waals surface area contributed by atoms with Gasteiger partial charge >= 0.3 is 6.18 Å². The molecular formula is C28H24F3N5O2. The second-order valence-electron chi connectivity index (χ2n) is 9.18. The monoisotopic (exact) mass is 519 g/mol. The second kappa shape index (κ2) is 10.2. The summed E-state index contributed by atoms with van der Waals surface area (Å²) < 4.78 is 46.0. The Bertz CT molecular complexity index is 1510. The fourth-order valence-corrected chi connectivity index (χ4v) is 4.62. The number of carbonyl (C=O) groups is 1. The van der Waals surface area contributed by atoms with Crippen LogP contribution in [0.4, 0.5) is 24.5 Å². The number of halogens is 3. The minimum atomic E-state index is -4.41. The fraction of sp³-hybridized carbons (Fsp3) is 0.250. The molecule has 2 heterocycles. The van der Waals surface area contributed by atoms with Crippen molar-refractivity contribution < 1.29 is 22.4 Å². The molecule has 10 heteroatoms. The van der Waals surface area contributed by atoms with Gasteiger partial charge in [-0.25, -0.2) is 4.98 Å². The average Bonchev–Trinajstić information content (AvgIpc) is 3.34. The van der Waals surface area contributed by atoms with Gasteiger partial charge < -0.3 is 14.6 Å². The van der Waals surface area contributed by atoms with Gasteiger partial charge in [0.2, 0.25) is 11.8 Å². The van der Waals surface area contributed by atoms with E-state index in [-0.39, 0.29) is 18.1 Å². The molecule has 4 aromatic rings. The number of para-hydroxylation sites is 1. The quantitative estimate of drug-likeness (QED) is 0.377. The highest BCUT2D eigenvalue weighted by molar-refractivity contribution is 5.92. The average molecular weight is 520 g/mol. The highest BCUT2D eigenvalue weighted by Gasteiger charge is 2.35. The summed E-state index contributed by atoms with van der Waals surface area (Å²) >= 11 is 0. The lowest BCUT2D eigenvalue weighted by atomic mass is 10.1. The molecule has 0 saturated carbocycles. The minimum Gasteiger partial charge on any atom is -0.436 e. The third kappa shape index (κ3) is 5.33. The van der Waals surface area contributed by atoms with Crippen LogP contribution in [0, 0.1) is 18.3 Å². The van der Waals surface area contributed by atoms with E-state index in [1.165, 1.54) is 12.1 Å². The minimum absolute atomic E-state index is 0.141. The zero-order valence-corrected chi connectivity index (χ0v) is 20.5. The van der Waals surface area contributed by atoms with E-state index in [4.69, 9.17) is 9.68 Å². The summed E-state index contributed by atoms with van der Waals surface area (Å²) in [6, 6.07) is 18.2. The van der Waals surface area contributed by atoms with Crippen molar-refractivity contribution in [3.05, 3.63) is 77.4 Å². The van der Waals surface area contributed by atoms with Crippen molar-refractivity contribution in [3.8, 4) is 17.5 Å². The first-order valence-electron chi connectivity index (χ1n) is 12.1. The Kier molecular flexibility index (Phi) is 6.78. The van der Waals surface area contributed by atoms with E-state index in [2.05, 4.69) is 16.4 Å². The molecule has 1 aliphatic heterocycles. The zero-order valence-electron chi connectivity index (χ0n) is 20.5. The smallest absolute Gasteiger partial charge is 0.418 e. The van der Waals surface area contributed by atoms with Crippen LogP contribution in [0.25, 0.3) is 22.6 Å². The number of fused-ring (bicyclic) bond motifs is 1. The van der Waals surface area contributed by atoms with Gasteiger partial charge in [-0.1, -0.05) is 12.1 Å². The molecule has 38 heavy (non-hydrogen) atoms. The van der Waals surface area contributed by atoms with Crippen LogP contribution in [-0.2, 0) is 11.0 Å². The van der Waals surface area contributed by atoms with E-state index >= 15 is 0 Å². The Balaban J connectivity index is 1.17. The molecule has 3 aromatic carbocycles. The molecule has 1 saturated heterocycles. The number of amides is 1. The predicted molar refractivity (Wildman–Crippen MR) is 138 cm³/mol. The van der Waals surface area contributed by atoms with Gasteiger partial charge in [-0.05, 0) is 61.0 Å². The zero-order chi connectivity index (χ0) is 26.9. The van der Waals surface area contributed by atoms with Crippen LogP contribution in [-0.4, -0.2) is 48.5 Å². The molecule has 0 radical (unpaired) electrons. The molecule has 194 valence electrons. The number of alkyl halides is 3. The number of hydrogen-bond donors (Lipinski definition) is 1. The Morgan fingerprint density at radius 3 is 2.47 bits per heavy atom. The summed E-state index contributed by atoms with van der Waals surface area (Å²) in [5.74, 6) is 0.212. The molecular weight excluding hydrogens is 495 g/mol. The Labute approximate surface area is 217 Å². The summed E-state index contributed by atoms with van der Waals surface area (Å²) in [4.78, 5) is 20.7. The summed E-state index contributed by atoms with van der Waals surface area (Å²) in [7, 11) is 0. The first-order chi connectivity index (χ1) is 18.2. The van der Waals surface area contributed by atoms with Gasteiger partial charge in [0.15, 0.2) is 5.58 Å². The SMILES string of the molecule is Cc1cc(C#N)cc2nc(-c3ccc(NC(=O)CN4CCN(c5ccccc5C(F)(F)F)CC4)cc3)oc12. The Morgan fingerprint density at radius 1 is 1.08 bits per heavy atom. The van der Waals surface area contributed by atoms with Gasteiger partial charge in [0.25, 0.3) is 0 Å². The van der Waals surface area contributed by atoms with Crippen LogP contribution >= 0.6 is 0 Å². The molecule has 5 rings (SSSR count). The number of nitriles is 1. The van der Waals surface area contributed by atoms with Gasteiger partial charge in [-0.2, -0.15) is 18.4 Å². The van der Waals surface area contributed by atoms with Gasteiger partial charge in [0.05, 0.1) is 23.7 Å². The number of piperazine rings is 1. The number of hydrogen-bond acceptors (Lipinski definition) is 6. The van der Waals surface area contributed by atoms with Crippen LogP contribution < -0.4 is 10.2 Å². The molecule has 1 fully saturated rings. The maximum absolute atomic E-state index is 13.4. The Morgan fingerprint density at radius 2 is 1.79 bits per heavy atom. The molecule has 0 spiro atoms. The number of oxazole rings is 1. The fourth-order valence-electron chi connectivity index (χ4n) is 4.62. The molecule has 0 unspecified atom stereocenters. The van der Waals surface area contributed by atoms with E-state index in [1.54, 1.807) is 47.4 Å². The topological polar surface area (TPSA) is 85.4 Å². The van der Waals surface area contributed by atoms with Gasteiger partial charge in [0, 0.05) is 43.1 Å². The second-order valence-corrected chi connectivity index (χ2v) is 9.18. The third-order valence-electron chi connectivity index (χ3n) is 6.51. The lowest BCUT2D eigenvalue weighted by molar-refractivity contribution is -0.137. The molecule has 0 atom stereocenters. The lowest BCUT2D eigenvalue weighted by Gasteiger charge is -2.36. The van der Waals surface area contributed by atoms with Gasteiger partial charge in [-0.15, -0.1) is 0 Å². The summed E-state index contributed by atoms with van der Waals surface area (Å²) in [6.45, 7) is 3.75. The number of rotatable bonds is 5. The summed E-state index contributed by atoms with van der Waals surface area (Å²) in [5.41, 5.74) is 3.43. The van der Waals surface area contributed by atoms with Crippen LogP contribution in [0.2, 0.25) is 0 Å². The van der Waals surface area contributed by atoms with E-state index in [9.17, 15) is 18.0 Å². The number of carbonyl (C=O) groups excluding carboxylic acids is 1. The number of aryl methyl sites for hydroxylation is 1. The number of aromatic nitrogens is 1. The number of benzene rings is 3. The van der Waals surface area contributed by atoms with Gasteiger partial charge in [-0.3, -0.25) is 9.69 Å². The molecule has 1 aromatic heterocycles. The third-order valence-corrected chi connectivity index (χ3v) is 6.51. The van der Waals surface area contributed by atoms with E-state index in [0.29, 0.717) is 54.4 Å². The maximum Gasteiger partial charge on any atom is 0.418 e. The molecule has 7 nitrogen and oxygen atoms in total. The normalized spacial score (nSPS) is 14.4. The van der Waals surface area contributed by atoms with Crippen LogP contribution in [0.15, 0.2) is 65.1 Å². The van der Waals surface area contributed by atoms with Crippen LogP contribution in [0.3, 0.4) is 0 Å². The van der Waals surface area contributed by atoms with Gasteiger partial charge in [0.1, 0.15) is 5.52 Å². The summed E-state index contributed by atoms with van der Waals surface area (Å²) in [5, 5.41) is 12.0. The van der Waals surface area contributed by atoms with Crippen molar-refractivity contribution in [1.82, 2.24) is 9.88 Å².